The first-order valence-corrected chi connectivity index (χ1v) is 8.87. The molecule has 0 radical (unpaired) electrons. The van der Waals surface area contributed by atoms with Crippen LogP contribution in [-0.4, -0.2) is 32.8 Å². The highest BCUT2D eigenvalue weighted by atomic mass is 32.2. The van der Waals surface area contributed by atoms with Crippen LogP contribution in [-0.2, 0) is 0 Å². The number of nitrogens with zero attached hydrogens (tertiary/aromatic N) is 4. The maximum atomic E-state index is 5.89. The maximum absolute atomic E-state index is 5.89. The first-order chi connectivity index (χ1) is 12.3. The molecule has 3 aromatic rings. The molecule has 0 amide bonds. The van der Waals surface area contributed by atoms with Crippen LogP contribution in [0, 0.1) is 0 Å². The standard InChI is InChI=1S/C18H18N4O2S/c1-3-10-25-18-21-11-13(12-22-18)24-17-15(7-5-9-20-17)14-6-4-8-19-16(14)23-2/h4-9,11-12H,3,10H2,1-2H3. The zero-order valence-electron chi connectivity index (χ0n) is 14.0. The zero-order valence-corrected chi connectivity index (χ0v) is 14.9. The van der Waals surface area contributed by atoms with E-state index in [1.165, 1.54) is 0 Å². The number of pyridine rings is 2. The topological polar surface area (TPSA) is 70.0 Å². The van der Waals surface area contributed by atoms with E-state index in [1.807, 2.05) is 24.3 Å². The molecule has 0 saturated heterocycles. The molecule has 0 bridgehead atoms. The molecule has 0 atom stereocenters. The van der Waals surface area contributed by atoms with Gasteiger partial charge < -0.3 is 9.47 Å². The lowest BCUT2D eigenvalue weighted by Gasteiger charge is -2.11. The van der Waals surface area contributed by atoms with E-state index in [4.69, 9.17) is 9.47 Å². The molecule has 3 heterocycles. The van der Waals surface area contributed by atoms with Crippen molar-refractivity contribution in [1.82, 2.24) is 19.9 Å². The van der Waals surface area contributed by atoms with E-state index >= 15 is 0 Å². The maximum Gasteiger partial charge on any atom is 0.227 e. The fraction of sp³-hybridized carbons (Fsp3) is 0.222. The Balaban J connectivity index is 1.86. The fourth-order valence-electron chi connectivity index (χ4n) is 2.17. The highest BCUT2D eigenvalue weighted by Crippen LogP contribution is 2.35. The number of methoxy groups -OCH3 is 1. The van der Waals surface area contributed by atoms with Crippen LogP contribution < -0.4 is 9.47 Å². The second kappa shape index (κ2) is 8.43. The Morgan fingerprint density at radius 3 is 2.20 bits per heavy atom. The Hall–Kier alpha value is -2.67. The number of hydrogen-bond donors (Lipinski definition) is 0. The van der Waals surface area contributed by atoms with Gasteiger partial charge in [0.1, 0.15) is 0 Å². The fourth-order valence-corrected chi connectivity index (χ4v) is 2.81. The lowest BCUT2D eigenvalue weighted by Crippen LogP contribution is -1.96. The third-order valence-electron chi connectivity index (χ3n) is 3.28. The third-order valence-corrected chi connectivity index (χ3v) is 4.36. The molecule has 0 aliphatic carbocycles. The molecule has 3 rings (SSSR count). The van der Waals surface area contributed by atoms with Crippen LogP contribution in [0.4, 0.5) is 0 Å². The van der Waals surface area contributed by atoms with Gasteiger partial charge in [-0.3, -0.25) is 0 Å². The molecule has 6 nitrogen and oxygen atoms in total. The van der Waals surface area contributed by atoms with Gasteiger partial charge >= 0.3 is 0 Å². The molecule has 25 heavy (non-hydrogen) atoms. The number of thioether (sulfide) groups is 1. The van der Waals surface area contributed by atoms with Crippen molar-refractivity contribution in [2.45, 2.75) is 18.5 Å². The molecule has 3 aromatic heterocycles. The van der Waals surface area contributed by atoms with Gasteiger partial charge in [-0.1, -0.05) is 18.7 Å². The second-order valence-electron chi connectivity index (χ2n) is 5.07. The SMILES string of the molecule is CCCSc1ncc(Oc2ncccc2-c2cccnc2OC)cn1. The van der Waals surface area contributed by atoms with E-state index < -0.39 is 0 Å². The lowest BCUT2D eigenvalue weighted by molar-refractivity contribution is 0.399. The normalized spacial score (nSPS) is 10.5. The van der Waals surface area contributed by atoms with Crippen molar-refractivity contribution in [2.24, 2.45) is 0 Å². The summed E-state index contributed by atoms with van der Waals surface area (Å²) in [7, 11) is 1.59. The molecular weight excluding hydrogens is 336 g/mol. The van der Waals surface area contributed by atoms with Gasteiger partial charge in [-0.2, -0.15) is 0 Å². The van der Waals surface area contributed by atoms with Gasteiger partial charge in [0, 0.05) is 29.3 Å². The zero-order chi connectivity index (χ0) is 17.5. The van der Waals surface area contributed by atoms with Crippen molar-refractivity contribution in [3.8, 4) is 28.6 Å². The largest absolute Gasteiger partial charge is 0.481 e. The Morgan fingerprint density at radius 2 is 1.56 bits per heavy atom. The Kier molecular flexibility index (Phi) is 5.79. The average molecular weight is 354 g/mol. The second-order valence-corrected chi connectivity index (χ2v) is 6.13. The van der Waals surface area contributed by atoms with Crippen molar-refractivity contribution in [2.75, 3.05) is 12.9 Å². The van der Waals surface area contributed by atoms with E-state index in [1.54, 1.807) is 43.7 Å². The molecule has 7 heteroatoms. The highest BCUT2D eigenvalue weighted by Gasteiger charge is 2.14. The summed E-state index contributed by atoms with van der Waals surface area (Å²) < 4.78 is 11.2. The van der Waals surface area contributed by atoms with E-state index in [0.29, 0.717) is 17.5 Å². The van der Waals surface area contributed by atoms with Crippen molar-refractivity contribution in [3.63, 3.8) is 0 Å². The van der Waals surface area contributed by atoms with Crippen molar-refractivity contribution in [3.05, 3.63) is 49.1 Å². The summed E-state index contributed by atoms with van der Waals surface area (Å²) in [5, 5.41) is 0.740. The smallest absolute Gasteiger partial charge is 0.227 e. The molecule has 0 spiro atoms. The van der Waals surface area contributed by atoms with Crippen LogP contribution in [0.15, 0.2) is 54.2 Å². The van der Waals surface area contributed by atoms with Crippen LogP contribution in [0.3, 0.4) is 0 Å². The van der Waals surface area contributed by atoms with Crippen molar-refractivity contribution >= 4 is 11.8 Å². The molecule has 0 aliphatic rings. The summed E-state index contributed by atoms with van der Waals surface area (Å²) in [4.78, 5) is 17.2. The number of aromatic nitrogens is 4. The Bertz CT molecular complexity index is 827. The summed E-state index contributed by atoms with van der Waals surface area (Å²) in [6.45, 7) is 2.12. The van der Waals surface area contributed by atoms with Gasteiger partial charge in [-0.25, -0.2) is 19.9 Å². The summed E-state index contributed by atoms with van der Waals surface area (Å²) >= 11 is 1.62. The first kappa shape index (κ1) is 17.2. The average Bonchev–Trinajstić information content (AvgIpc) is 2.68. The van der Waals surface area contributed by atoms with E-state index in [-0.39, 0.29) is 0 Å². The predicted molar refractivity (Wildman–Crippen MR) is 97.1 cm³/mol. The quantitative estimate of drug-likeness (QED) is 0.464. The highest BCUT2D eigenvalue weighted by molar-refractivity contribution is 7.99. The Morgan fingerprint density at radius 1 is 0.920 bits per heavy atom. The van der Waals surface area contributed by atoms with Gasteiger partial charge in [-0.05, 0) is 30.7 Å². The van der Waals surface area contributed by atoms with Crippen molar-refractivity contribution in [1.29, 1.82) is 0 Å². The molecular formula is C18H18N4O2S. The molecule has 0 N–H and O–H groups in total. The molecule has 0 saturated carbocycles. The molecule has 128 valence electrons. The van der Waals surface area contributed by atoms with Gasteiger partial charge in [-0.15, -0.1) is 0 Å². The minimum Gasteiger partial charge on any atom is -0.481 e. The van der Waals surface area contributed by atoms with Gasteiger partial charge in [0.15, 0.2) is 10.9 Å². The lowest BCUT2D eigenvalue weighted by atomic mass is 10.1. The monoisotopic (exact) mass is 354 g/mol. The predicted octanol–water partition coefficient (Wildman–Crippen LogP) is 4.24. The van der Waals surface area contributed by atoms with Crippen molar-refractivity contribution < 1.29 is 9.47 Å². The first-order valence-electron chi connectivity index (χ1n) is 7.89. The van der Waals surface area contributed by atoms with Gasteiger partial charge in [0.2, 0.25) is 11.8 Å². The van der Waals surface area contributed by atoms with Gasteiger partial charge in [0.25, 0.3) is 0 Å². The van der Waals surface area contributed by atoms with Crippen LogP contribution in [0.2, 0.25) is 0 Å². The summed E-state index contributed by atoms with van der Waals surface area (Å²) in [5.41, 5.74) is 1.60. The summed E-state index contributed by atoms with van der Waals surface area (Å²) in [5.74, 6) is 2.49. The minimum absolute atomic E-state index is 0.450. The third kappa shape index (κ3) is 4.24. The Labute approximate surface area is 150 Å². The summed E-state index contributed by atoms with van der Waals surface area (Å²) in [6, 6.07) is 7.51. The number of rotatable bonds is 7. The van der Waals surface area contributed by atoms with Crippen LogP contribution in [0.1, 0.15) is 13.3 Å². The molecule has 0 fully saturated rings. The number of hydrogen-bond acceptors (Lipinski definition) is 7. The minimum atomic E-state index is 0.450. The van der Waals surface area contributed by atoms with E-state index in [9.17, 15) is 0 Å². The molecule has 0 aliphatic heterocycles. The molecule has 0 aromatic carbocycles. The number of ether oxygens (including phenoxy) is 2. The van der Waals surface area contributed by atoms with Crippen LogP contribution >= 0.6 is 11.8 Å². The van der Waals surface area contributed by atoms with Crippen LogP contribution in [0.5, 0.6) is 17.5 Å². The van der Waals surface area contributed by atoms with Crippen LogP contribution in [0.25, 0.3) is 11.1 Å². The van der Waals surface area contributed by atoms with E-state index in [2.05, 4.69) is 26.9 Å². The van der Waals surface area contributed by atoms with Gasteiger partial charge in [0.05, 0.1) is 19.5 Å². The summed E-state index contributed by atoms with van der Waals surface area (Å²) in [6.07, 6.45) is 7.75. The molecule has 0 unspecified atom stereocenters. The van der Waals surface area contributed by atoms with E-state index in [0.717, 1.165) is 28.5 Å².